The molecular weight excluding hydrogens is 362 g/mol. The number of nitrogens with zero attached hydrogens (tertiary/aromatic N) is 5. The number of amides is 1. The first-order chi connectivity index (χ1) is 13.2. The van der Waals surface area contributed by atoms with Crippen LogP contribution in [-0.4, -0.2) is 46.5 Å². The Morgan fingerprint density at radius 3 is 2.78 bits per heavy atom. The molecule has 4 rings (SSSR count). The first kappa shape index (κ1) is 17.4. The van der Waals surface area contributed by atoms with Gasteiger partial charge in [-0.1, -0.05) is 17.7 Å². The molecule has 0 aliphatic carbocycles. The van der Waals surface area contributed by atoms with E-state index in [1.807, 2.05) is 39.9 Å². The van der Waals surface area contributed by atoms with Crippen LogP contribution in [0.2, 0.25) is 5.02 Å². The quantitative estimate of drug-likeness (QED) is 0.701. The Morgan fingerprint density at radius 1 is 1.19 bits per heavy atom. The van der Waals surface area contributed by atoms with Crippen LogP contribution in [0.3, 0.4) is 0 Å². The number of rotatable bonds is 3. The summed E-state index contributed by atoms with van der Waals surface area (Å²) in [6, 6.07) is 13.4. The fourth-order valence-corrected chi connectivity index (χ4v) is 3.61. The zero-order chi connectivity index (χ0) is 18.8. The van der Waals surface area contributed by atoms with Crippen molar-refractivity contribution in [3.63, 3.8) is 0 Å². The van der Waals surface area contributed by atoms with Crippen LogP contribution in [0.5, 0.6) is 0 Å². The zero-order valence-corrected chi connectivity index (χ0v) is 15.4. The van der Waals surface area contributed by atoms with Crippen LogP contribution in [0.1, 0.15) is 5.56 Å². The molecule has 0 bridgehead atoms. The minimum atomic E-state index is 0.0775. The van der Waals surface area contributed by atoms with E-state index in [4.69, 9.17) is 11.6 Å². The van der Waals surface area contributed by atoms with Crippen LogP contribution >= 0.6 is 11.6 Å². The summed E-state index contributed by atoms with van der Waals surface area (Å²) in [5.41, 5.74) is 1.52. The second-order valence-corrected chi connectivity index (χ2v) is 6.94. The number of carbonyl (C=O) groups is 1. The smallest absolute Gasteiger partial charge is 0.242 e. The molecule has 0 spiro atoms. The van der Waals surface area contributed by atoms with E-state index in [-0.39, 0.29) is 12.5 Å². The van der Waals surface area contributed by atoms with Gasteiger partial charge in [-0.2, -0.15) is 5.26 Å². The third-order valence-corrected chi connectivity index (χ3v) is 5.12. The molecule has 6 nitrogen and oxygen atoms in total. The molecule has 1 fully saturated rings. The number of carbonyl (C=O) groups excluding carboxylic acids is 1. The van der Waals surface area contributed by atoms with Gasteiger partial charge in [0.15, 0.2) is 0 Å². The first-order valence-corrected chi connectivity index (χ1v) is 9.16. The molecule has 0 N–H and O–H groups in total. The Bertz CT molecular complexity index is 1030. The Labute approximate surface area is 162 Å². The molecule has 0 atom stereocenters. The lowest BCUT2D eigenvalue weighted by Gasteiger charge is -2.35. The highest BCUT2D eigenvalue weighted by molar-refractivity contribution is 6.31. The summed E-state index contributed by atoms with van der Waals surface area (Å²) in [5, 5.41) is 11.0. The number of pyridine rings is 1. The van der Waals surface area contributed by atoms with Gasteiger partial charge in [-0.05, 0) is 35.7 Å². The van der Waals surface area contributed by atoms with Gasteiger partial charge in [0, 0.05) is 49.1 Å². The molecule has 0 saturated carbocycles. The van der Waals surface area contributed by atoms with Crippen molar-refractivity contribution in [1.29, 1.82) is 5.26 Å². The van der Waals surface area contributed by atoms with Crippen molar-refractivity contribution in [3.05, 3.63) is 59.4 Å². The molecule has 1 aromatic carbocycles. The van der Waals surface area contributed by atoms with Crippen LogP contribution in [0.25, 0.3) is 10.9 Å². The first-order valence-electron chi connectivity index (χ1n) is 8.78. The standard InChI is InChI=1S/C20H18ClN5O/c21-17-4-3-15-5-7-26(18(15)12-17)14-19(27)24-8-10-25(11-9-24)20-16(13-22)2-1-6-23-20/h1-7,12H,8-11,14H2. The highest BCUT2D eigenvalue weighted by Crippen LogP contribution is 2.21. The second kappa shape index (κ2) is 7.29. The number of fused-ring (bicyclic) bond motifs is 1. The van der Waals surface area contributed by atoms with Crippen molar-refractivity contribution in [3.8, 4) is 6.07 Å². The third kappa shape index (κ3) is 3.46. The molecule has 7 heteroatoms. The number of nitriles is 1. The van der Waals surface area contributed by atoms with Gasteiger partial charge >= 0.3 is 0 Å². The summed E-state index contributed by atoms with van der Waals surface area (Å²) >= 11 is 6.09. The molecule has 3 aromatic rings. The topological polar surface area (TPSA) is 65.2 Å². The van der Waals surface area contributed by atoms with Gasteiger partial charge in [0.2, 0.25) is 5.91 Å². The molecule has 136 valence electrons. The van der Waals surface area contributed by atoms with Crippen molar-refractivity contribution in [2.24, 2.45) is 0 Å². The number of benzene rings is 1. The average Bonchev–Trinajstić information content (AvgIpc) is 3.10. The fraction of sp³-hybridized carbons (Fsp3) is 0.250. The lowest BCUT2D eigenvalue weighted by molar-refractivity contribution is -0.132. The van der Waals surface area contributed by atoms with Gasteiger partial charge in [-0.25, -0.2) is 4.98 Å². The van der Waals surface area contributed by atoms with Crippen molar-refractivity contribution in [2.45, 2.75) is 6.54 Å². The maximum atomic E-state index is 12.7. The number of anilines is 1. The van der Waals surface area contributed by atoms with Crippen molar-refractivity contribution in [2.75, 3.05) is 31.1 Å². The summed E-state index contributed by atoms with van der Waals surface area (Å²) in [5.74, 6) is 0.770. The van der Waals surface area contributed by atoms with Crippen LogP contribution in [0.15, 0.2) is 48.8 Å². The summed E-state index contributed by atoms with van der Waals surface area (Å²) < 4.78 is 1.93. The molecule has 1 saturated heterocycles. The third-order valence-electron chi connectivity index (χ3n) is 4.88. The average molecular weight is 380 g/mol. The summed E-state index contributed by atoms with van der Waals surface area (Å²) in [6.45, 7) is 2.84. The molecule has 1 aliphatic rings. The number of hydrogen-bond donors (Lipinski definition) is 0. The van der Waals surface area contributed by atoms with Gasteiger partial charge in [0.25, 0.3) is 0 Å². The molecular formula is C20H18ClN5O. The van der Waals surface area contributed by atoms with Gasteiger partial charge in [-0.15, -0.1) is 0 Å². The Kier molecular flexibility index (Phi) is 4.69. The van der Waals surface area contributed by atoms with E-state index in [0.717, 1.165) is 10.9 Å². The number of halogens is 1. The molecule has 0 radical (unpaired) electrons. The van der Waals surface area contributed by atoms with Crippen LogP contribution in [0, 0.1) is 11.3 Å². The van der Waals surface area contributed by atoms with E-state index >= 15 is 0 Å². The molecule has 0 unspecified atom stereocenters. The highest BCUT2D eigenvalue weighted by atomic mass is 35.5. The van der Waals surface area contributed by atoms with E-state index < -0.39 is 0 Å². The fourth-order valence-electron chi connectivity index (χ4n) is 3.44. The summed E-state index contributed by atoms with van der Waals surface area (Å²) in [7, 11) is 0. The Morgan fingerprint density at radius 2 is 2.00 bits per heavy atom. The van der Waals surface area contributed by atoms with Crippen molar-refractivity contribution in [1.82, 2.24) is 14.5 Å². The van der Waals surface area contributed by atoms with E-state index in [2.05, 4.69) is 16.0 Å². The second-order valence-electron chi connectivity index (χ2n) is 6.50. The van der Waals surface area contributed by atoms with Gasteiger partial charge < -0.3 is 14.4 Å². The zero-order valence-electron chi connectivity index (χ0n) is 14.7. The normalized spacial score (nSPS) is 14.4. The summed E-state index contributed by atoms with van der Waals surface area (Å²) in [6.07, 6.45) is 3.61. The maximum Gasteiger partial charge on any atom is 0.242 e. The van der Waals surface area contributed by atoms with Gasteiger partial charge in [0.05, 0.1) is 5.56 Å². The molecule has 1 aliphatic heterocycles. The van der Waals surface area contributed by atoms with E-state index in [9.17, 15) is 10.1 Å². The maximum absolute atomic E-state index is 12.7. The lowest BCUT2D eigenvalue weighted by Crippen LogP contribution is -2.50. The number of piperazine rings is 1. The predicted octanol–water partition coefficient (Wildman–Crippen LogP) is 2.91. The SMILES string of the molecule is N#Cc1cccnc1N1CCN(C(=O)Cn2ccc3ccc(Cl)cc32)CC1. The van der Waals surface area contributed by atoms with E-state index in [1.54, 1.807) is 18.3 Å². The Balaban J connectivity index is 1.43. The molecule has 2 aromatic heterocycles. The van der Waals surface area contributed by atoms with E-state index in [1.165, 1.54) is 0 Å². The van der Waals surface area contributed by atoms with Gasteiger partial charge in [-0.3, -0.25) is 4.79 Å². The van der Waals surface area contributed by atoms with Crippen molar-refractivity contribution < 1.29 is 4.79 Å². The molecule has 3 heterocycles. The molecule has 1 amide bonds. The predicted molar refractivity (Wildman–Crippen MR) is 105 cm³/mol. The van der Waals surface area contributed by atoms with Crippen LogP contribution < -0.4 is 4.90 Å². The van der Waals surface area contributed by atoms with Crippen LogP contribution in [-0.2, 0) is 11.3 Å². The number of hydrogen-bond acceptors (Lipinski definition) is 4. The Hall–Kier alpha value is -3.04. The minimum Gasteiger partial charge on any atom is -0.352 e. The van der Waals surface area contributed by atoms with E-state index in [0.29, 0.717) is 42.6 Å². The molecule has 27 heavy (non-hydrogen) atoms. The number of aromatic nitrogens is 2. The van der Waals surface area contributed by atoms with Crippen LogP contribution in [0.4, 0.5) is 5.82 Å². The highest BCUT2D eigenvalue weighted by Gasteiger charge is 2.23. The monoisotopic (exact) mass is 379 g/mol. The van der Waals surface area contributed by atoms with Gasteiger partial charge in [0.1, 0.15) is 18.4 Å². The largest absolute Gasteiger partial charge is 0.352 e. The summed E-state index contributed by atoms with van der Waals surface area (Å²) in [4.78, 5) is 21.0. The van der Waals surface area contributed by atoms with Crippen molar-refractivity contribution >= 4 is 34.2 Å². The lowest BCUT2D eigenvalue weighted by atomic mass is 10.2. The minimum absolute atomic E-state index is 0.0775.